The number of rotatable bonds is 8. The van der Waals surface area contributed by atoms with Crippen LogP contribution >= 0.6 is 0 Å². The van der Waals surface area contributed by atoms with Gasteiger partial charge in [0.05, 0.1) is 10.8 Å². The van der Waals surface area contributed by atoms with Gasteiger partial charge in [-0.25, -0.2) is 0 Å². The number of nitrogens with one attached hydrogen (secondary N) is 2. The minimum Gasteiger partial charge on any atom is -0.355 e. The maximum atomic E-state index is 12.5. The molecular formula is C21H34N4O2S. The van der Waals surface area contributed by atoms with Gasteiger partial charge in [0, 0.05) is 49.3 Å². The standard InChI is InChI=1S/C21H34N4O2S/c1-4-17(5-2)20(26)25-14-11-18(12-15-25)24-21(22-3)23-13-16-28(27)19-9-7-6-8-10-19/h6-10,17-18H,4-5,11-16H2,1-3H3,(H2,22,23,24). The van der Waals surface area contributed by atoms with E-state index in [1.165, 1.54) is 0 Å². The normalized spacial score (nSPS) is 16.9. The lowest BCUT2D eigenvalue weighted by Gasteiger charge is -2.34. The molecule has 6 nitrogen and oxygen atoms in total. The zero-order valence-electron chi connectivity index (χ0n) is 17.3. The lowest BCUT2D eigenvalue weighted by Crippen LogP contribution is -2.51. The second kappa shape index (κ2) is 11.8. The SMILES string of the molecule is CCC(CC)C(=O)N1CCC(NC(=NC)NCCS(=O)c2ccccc2)CC1. The lowest BCUT2D eigenvalue weighted by atomic mass is 9.98. The highest BCUT2D eigenvalue weighted by molar-refractivity contribution is 7.85. The molecule has 0 aromatic heterocycles. The van der Waals surface area contributed by atoms with Crippen molar-refractivity contribution in [3.05, 3.63) is 30.3 Å². The molecule has 1 atom stereocenters. The van der Waals surface area contributed by atoms with Gasteiger partial charge < -0.3 is 15.5 Å². The smallest absolute Gasteiger partial charge is 0.225 e. The van der Waals surface area contributed by atoms with Crippen LogP contribution in [0, 0.1) is 5.92 Å². The molecule has 1 unspecified atom stereocenters. The van der Waals surface area contributed by atoms with Crippen molar-refractivity contribution in [1.29, 1.82) is 0 Å². The van der Waals surface area contributed by atoms with Gasteiger partial charge in [-0.1, -0.05) is 32.0 Å². The van der Waals surface area contributed by atoms with Crippen LogP contribution in [-0.2, 0) is 15.6 Å². The average molecular weight is 407 g/mol. The van der Waals surface area contributed by atoms with Crippen LogP contribution in [0.3, 0.4) is 0 Å². The highest BCUT2D eigenvalue weighted by Gasteiger charge is 2.26. The Hall–Kier alpha value is -1.89. The summed E-state index contributed by atoms with van der Waals surface area (Å²) in [6, 6.07) is 9.81. The highest BCUT2D eigenvalue weighted by Crippen LogP contribution is 2.17. The van der Waals surface area contributed by atoms with E-state index < -0.39 is 10.8 Å². The van der Waals surface area contributed by atoms with E-state index in [0.29, 0.717) is 24.2 Å². The van der Waals surface area contributed by atoms with Crippen molar-refractivity contribution >= 4 is 22.7 Å². The van der Waals surface area contributed by atoms with Crippen molar-refractivity contribution in [2.24, 2.45) is 10.9 Å². The predicted octanol–water partition coefficient (Wildman–Crippen LogP) is 2.39. The van der Waals surface area contributed by atoms with Crippen molar-refractivity contribution < 1.29 is 9.00 Å². The first-order valence-electron chi connectivity index (χ1n) is 10.3. The van der Waals surface area contributed by atoms with Gasteiger partial charge in [-0.15, -0.1) is 0 Å². The third-order valence-electron chi connectivity index (χ3n) is 5.29. The molecule has 0 aliphatic carbocycles. The van der Waals surface area contributed by atoms with Crippen molar-refractivity contribution in [3.8, 4) is 0 Å². The van der Waals surface area contributed by atoms with Crippen LogP contribution in [-0.4, -0.2) is 59.5 Å². The van der Waals surface area contributed by atoms with Crippen LogP contribution in [0.2, 0.25) is 0 Å². The molecule has 0 spiro atoms. The van der Waals surface area contributed by atoms with Gasteiger partial charge in [0.1, 0.15) is 0 Å². The van der Waals surface area contributed by atoms with Crippen molar-refractivity contribution in [2.45, 2.75) is 50.5 Å². The Morgan fingerprint density at radius 1 is 1.21 bits per heavy atom. The first kappa shape index (κ1) is 22.4. The molecule has 2 N–H and O–H groups in total. The topological polar surface area (TPSA) is 73.8 Å². The number of aliphatic imine (C=N–C) groups is 1. The Morgan fingerprint density at radius 3 is 2.43 bits per heavy atom. The van der Waals surface area contributed by atoms with Crippen LogP contribution in [0.25, 0.3) is 0 Å². The minimum absolute atomic E-state index is 0.157. The number of hydrogen-bond donors (Lipinski definition) is 2. The van der Waals surface area contributed by atoms with Crippen molar-refractivity contribution in [3.63, 3.8) is 0 Å². The molecule has 1 saturated heterocycles. The van der Waals surface area contributed by atoms with Gasteiger partial charge in [0.15, 0.2) is 5.96 Å². The summed E-state index contributed by atoms with van der Waals surface area (Å²) in [5, 5.41) is 6.69. The number of likely N-dealkylation sites (tertiary alicyclic amines) is 1. The highest BCUT2D eigenvalue weighted by atomic mass is 32.2. The largest absolute Gasteiger partial charge is 0.355 e. The maximum Gasteiger partial charge on any atom is 0.225 e. The number of carbonyl (C=O) groups is 1. The number of piperidine rings is 1. The first-order valence-corrected chi connectivity index (χ1v) is 11.6. The average Bonchev–Trinajstić information content (AvgIpc) is 2.74. The number of hydrogen-bond acceptors (Lipinski definition) is 3. The number of guanidine groups is 1. The molecule has 156 valence electrons. The van der Waals surface area contributed by atoms with Crippen molar-refractivity contribution in [1.82, 2.24) is 15.5 Å². The molecule has 0 bridgehead atoms. The Labute approximate surface area is 171 Å². The van der Waals surface area contributed by atoms with E-state index in [-0.39, 0.29) is 5.92 Å². The van der Waals surface area contributed by atoms with Gasteiger partial charge in [-0.3, -0.25) is 14.0 Å². The summed E-state index contributed by atoms with van der Waals surface area (Å²) in [6.45, 7) is 6.35. The molecule has 28 heavy (non-hydrogen) atoms. The zero-order valence-corrected chi connectivity index (χ0v) is 18.1. The van der Waals surface area contributed by atoms with E-state index in [2.05, 4.69) is 29.5 Å². The van der Waals surface area contributed by atoms with Crippen LogP contribution < -0.4 is 10.6 Å². The van der Waals surface area contributed by atoms with Gasteiger partial charge in [0.25, 0.3) is 0 Å². The predicted molar refractivity (Wildman–Crippen MR) is 116 cm³/mol. The Morgan fingerprint density at radius 2 is 1.86 bits per heavy atom. The summed E-state index contributed by atoms with van der Waals surface area (Å²) in [6.07, 6.45) is 3.66. The van der Waals surface area contributed by atoms with Crippen molar-refractivity contribution in [2.75, 3.05) is 32.4 Å². The van der Waals surface area contributed by atoms with E-state index >= 15 is 0 Å². The molecule has 1 amide bonds. The number of carbonyl (C=O) groups excluding carboxylic acids is 1. The van der Waals surface area contributed by atoms with Gasteiger partial charge in [-0.05, 0) is 37.8 Å². The molecule has 1 aromatic carbocycles. The third-order valence-corrected chi connectivity index (χ3v) is 6.66. The summed E-state index contributed by atoms with van der Waals surface area (Å²) < 4.78 is 12.3. The molecule has 1 heterocycles. The van der Waals surface area contributed by atoms with E-state index in [4.69, 9.17) is 0 Å². The molecule has 2 rings (SSSR count). The second-order valence-electron chi connectivity index (χ2n) is 7.12. The summed E-state index contributed by atoms with van der Waals surface area (Å²) in [5.74, 6) is 1.72. The summed E-state index contributed by atoms with van der Waals surface area (Å²) >= 11 is 0. The quantitative estimate of drug-likeness (QED) is 0.514. The molecule has 1 fully saturated rings. The molecule has 1 aromatic rings. The molecule has 7 heteroatoms. The lowest BCUT2D eigenvalue weighted by molar-refractivity contribution is -0.136. The fraction of sp³-hybridized carbons (Fsp3) is 0.619. The Bertz CT molecular complexity index is 654. The van der Waals surface area contributed by atoms with Crippen LogP contribution in [0.1, 0.15) is 39.5 Å². The van der Waals surface area contributed by atoms with E-state index in [9.17, 15) is 9.00 Å². The third kappa shape index (κ3) is 6.62. The molecule has 1 aliphatic heterocycles. The summed E-state index contributed by atoms with van der Waals surface area (Å²) in [7, 11) is 0.731. The number of nitrogens with zero attached hydrogens (tertiary/aromatic N) is 2. The Kier molecular flexibility index (Phi) is 9.47. The van der Waals surface area contributed by atoms with Gasteiger partial charge >= 0.3 is 0 Å². The fourth-order valence-corrected chi connectivity index (χ4v) is 4.46. The maximum absolute atomic E-state index is 12.5. The van der Waals surface area contributed by atoms with E-state index in [1.807, 2.05) is 35.2 Å². The van der Waals surface area contributed by atoms with Crippen LogP contribution in [0.5, 0.6) is 0 Å². The molecule has 0 saturated carbocycles. The molecule has 0 radical (unpaired) electrons. The summed E-state index contributed by atoms with van der Waals surface area (Å²) in [4.78, 5) is 19.6. The van der Waals surface area contributed by atoms with Crippen LogP contribution in [0.4, 0.5) is 0 Å². The fourth-order valence-electron chi connectivity index (χ4n) is 3.48. The van der Waals surface area contributed by atoms with Gasteiger partial charge in [0.2, 0.25) is 5.91 Å². The first-order chi connectivity index (χ1) is 13.6. The minimum atomic E-state index is -1.01. The summed E-state index contributed by atoms with van der Waals surface area (Å²) in [5.41, 5.74) is 0. The number of amides is 1. The molecule has 1 aliphatic rings. The second-order valence-corrected chi connectivity index (χ2v) is 8.69. The van der Waals surface area contributed by atoms with E-state index in [0.717, 1.165) is 49.6 Å². The van der Waals surface area contributed by atoms with Gasteiger partial charge in [-0.2, -0.15) is 0 Å². The Balaban J connectivity index is 1.72. The van der Waals surface area contributed by atoms with Crippen LogP contribution in [0.15, 0.2) is 40.2 Å². The molecular weight excluding hydrogens is 372 g/mol. The van der Waals surface area contributed by atoms with E-state index in [1.54, 1.807) is 7.05 Å². The monoisotopic (exact) mass is 406 g/mol. The zero-order chi connectivity index (χ0) is 20.4. The number of benzene rings is 1.